The number of hydrogen-bond acceptors (Lipinski definition) is 2. The second-order valence-electron chi connectivity index (χ2n) is 5.68. The number of methoxy groups -OCH3 is 1. The quantitative estimate of drug-likeness (QED) is 0.798. The van der Waals surface area contributed by atoms with Crippen LogP contribution in [0, 0.1) is 5.92 Å². The van der Waals surface area contributed by atoms with Gasteiger partial charge in [0.25, 0.3) is 0 Å². The Bertz CT molecular complexity index is 354. The van der Waals surface area contributed by atoms with E-state index >= 15 is 0 Å². The standard InChI is InChI=1S/C16H25NO/c1-12(2)14-6-4-13(5-7-14)10-17-16(11-18-3)15-8-9-15/h4-7,12,15-17H,8-11H2,1-3H3. The molecule has 1 aromatic carbocycles. The minimum absolute atomic E-state index is 0.528. The maximum Gasteiger partial charge on any atom is 0.0618 e. The van der Waals surface area contributed by atoms with Gasteiger partial charge in [0.05, 0.1) is 6.61 Å². The van der Waals surface area contributed by atoms with Crippen LogP contribution in [0.1, 0.15) is 43.7 Å². The Morgan fingerprint density at radius 2 is 1.89 bits per heavy atom. The van der Waals surface area contributed by atoms with Crippen LogP contribution in [-0.2, 0) is 11.3 Å². The lowest BCUT2D eigenvalue weighted by Crippen LogP contribution is -2.34. The lowest BCUT2D eigenvalue weighted by molar-refractivity contribution is 0.157. The third-order valence-corrected chi connectivity index (χ3v) is 3.75. The predicted molar refractivity (Wildman–Crippen MR) is 75.8 cm³/mol. The van der Waals surface area contributed by atoms with Gasteiger partial charge in [-0.15, -0.1) is 0 Å². The molecule has 18 heavy (non-hydrogen) atoms. The van der Waals surface area contributed by atoms with Gasteiger partial charge in [-0.3, -0.25) is 0 Å². The van der Waals surface area contributed by atoms with E-state index in [2.05, 4.69) is 43.4 Å². The van der Waals surface area contributed by atoms with Crippen LogP contribution in [0.15, 0.2) is 24.3 Å². The molecule has 2 rings (SSSR count). The molecule has 1 aromatic rings. The first-order valence-electron chi connectivity index (χ1n) is 7.02. The highest BCUT2D eigenvalue weighted by Crippen LogP contribution is 2.32. The summed E-state index contributed by atoms with van der Waals surface area (Å²) in [7, 11) is 1.79. The van der Waals surface area contributed by atoms with Gasteiger partial charge >= 0.3 is 0 Å². The van der Waals surface area contributed by atoms with Crippen molar-refractivity contribution in [3.05, 3.63) is 35.4 Å². The molecular formula is C16H25NO. The van der Waals surface area contributed by atoms with E-state index in [0.717, 1.165) is 19.1 Å². The maximum absolute atomic E-state index is 5.28. The second kappa shape index (κ2) is 6.35. The molecule has 2 nitrogen and oxygen atoms in total. The van der Waals surface area contributed by atoms with Gasteiger partial charge in [-0.25, -0.2) is 0 Å². The van der Waals surface area contributed by atoms with Crippen molar-refractivity contribution in [2.24, 2.45) is 5.92 Å². The Morgan fingerprint density at radius 3 is 2.39 bits per heavy atom. The largest absolute Gasteiger partial charge is 0.383 e. The minimum atomic E-state index is 0.528. The molecule has 0 aliphatic heterocycles. The molecule has 0 aromatic heterocycles. The Labute approximate surface area is 111 Å². The smallest absolute Gasteiger partial charge is 0.0618 e. The molecule has 0 spiro atoms. The van der Waals surface area contributed by atoms with Crippen molar-refractivity contribution < 1.29 is 4.74 Å². The summed E-state index contributed by atoms with van der Waals surface area (Å²) >= 11 is 0. The molecule has 1 unspecified atom stereocenters. The van der Waals surface area contributed by atoms with Gasteiger partial charge in [-0.05, 0) is 35.8 Å². The third kappa shape index (κ3) is 3.82. The van der Waals surface area contributed by atoms with Crippen LogP contribution < -0.4 is 5.32 Å². The molecule has 1 aliphatic rings. The fourth-order valence-corrected chi connectivity index (χ4v) is 2.31. The molecule has 0 amide bonds. The zero-order chi connectivity index (χ0) is 13.0. The summed E-state index contributed by atoms with van der Waals surface area (Å²) < 4.78 is 5.28. The molecule has 1 aliphatic carbocycles. The van der Waals surface area contributed by atoms with Crippen molar-refractivity contribution in [1.82, 2.24) is 5.32 Å². The molecule has 0 heterocycles. The van der Waals surface area contributed by atoms with Crippen molar-refractivity contribution in [3.8, 4) is 0 Å². The zero-order valence-corrected chi connectivity index (χ0v) is 11.8. The first-order valence-corrected chi connectivity index (χ1v) is 7.02. The van der Waals surface area contributed by atoms with Crippen molar-refractivity contribution in [2.75, 3.05) is 13.7 Å². The fraction of sp³-hybridized carbons (Fsp3) is 0.625. The van der Waals surface area contributed by atoms with E-state index < -0.39 is 0 Å². The zero-order valence-electron chi connectivity index (χ0n) is 11.8. The summed E-state index contributed by atoms with van der Waals surface area (Å²) in [4.78, 5) is 0. The molecule has 0 radical (unpaired) electrons. The van der Waals surface area contributed by atoms with Gasteiger partial charge in [0.1, 0.15) is 0 Å². The van der Waals surface area contributed by atoms with Crippen LogP contribution in [0.3, 0.4) is 0 Å². The third-order valence-electron chi connectivity index (χ3n) is 3.75. The number of ether oxygens (including phenoxy) is 1. The van der Waals surface area contributed by atoms with E-state index in [1.54, 1.807) is 7.11 Å². The first kappa shape index (κ1) is 13.6. The average Bonchev–Trinajstić information content (AvgIpc) is 3.19. The summed E-state index contributed by atoms with van der Waals surface area (Å²) in [6.45, 7) is 6.24. The van der Waals surface area contributed by atoms with E-state index in [1.165, 1.54) is 24.0 Å². The summed E-state index contributed by atoms with van der Waals surface area (Å²) in [5, 5.41) is 3.62. The highest BCUT2D eigenvalue weighted by Gasteiger charge is 2.30. The van der Waals surface area contributed by atoms with Crippen molar-refractivity contribution >= 4 is 0 Å². The number of nitrogens with one attached hydrogen (secondary N) is 1. The van der Waals surface area contributed by atoms with E-state index in [4.69, 9.17) is 4.74 Å². The Balaban J connectivity index is 1.84. The molecule has 100 valence electrons. The van der Waals surface area contributed by atoms with Crippen LogP contribution in [0.2, 0.25) is 0 Å². The molecule has 0 saturated heterocycles. The highest BCUT2D eigenvalue weighted by molar-refractivity contribution is 5.24. The lowest BCUT2D eigenvalue weighted by Gasteiger charge is -2.17. The Morgan fingerprint density at radius 1 is 1.22 bits per heavy atom. The predicted octanol–water partition coefficient (Wildman–Crippen LogP) is 3.32. The Kier molecular flexibility index (Phi) is 4.79. The molecule has 1 saturated carbocycles. The average molecular weight is 247 g/mol. The van der Waals surface area contributed by atoms with Gasteiger partial charge in [0.15, 0.2) is 0 Å². The first-order chi connectivity index (χ1) is 8.70. The molecule has 0 bridgehead atoms. The molecule has 1 N–H and O–H groups in total. The van der Waals surface area contributed by atoms with Crippen LogP contribution >= 0.6 is 0 Å². The number of rotatable bonds is 7. The van der Waals surface area contributed by atoms with Gasteiger partial charge < -0.3 is 10.1 Å². The van der Waals surface area contributed by atoms with Crippen LogP contribution in [0.5, 0.6) is 0 Å². The molecule has 2 heteroatoms. The molecular weight excluding hydrogens is 222 g/mol. The van der Waals surface area contributed by atoms with Crippen LogP contribution in [0.4, 0.5) is 0 Å². The highest BCUT2D eigenvalue weighted by atomic mass is 16.5. The van der Waals surface area contributed by atoms with Crippen LogP contribution in [0.25, 0.3) is 0 Å². The van der Waals surface area contributed by atoms with E-state index in [9.17, 15) is 0 Å². The maximum atomic E-state index is 5.28. The van der Waals surface area contributed by atoms with Crippen molar-refractivity contribution in [2.45, 2.75) is 45.2 Å². The number of hydrogen-bond donors (Lipinski definition) is 1. The summed E-state index contributed by atoms with van der Waals surface area (Å²) in [6, 6.07) is 9.48. The summed E-state index contributed by atoms with van der Waals surface area (Å²) in [5.41, 5.74) is 2.77. The topological polar surface area (TPSA) is 21.3 Å². The SMILES string of the molecule is COCC(NCc1ccc(C(C)C)cc1)C1CC1. The van der Waals surface area contributed by atoms with Gasteiger partial charge in [-0.1, -0.05) is 38.1 Å². The Hall–Kier alpha value is -0.860. The van der Waals surface area contributed by atoms with Crippen molar-refractivity contribution in [3.63, 3.8) is 0 Å². The lowest BCUT2D eigenvalue weighted by atomic mass is 10.0. The van der Waals surface area contributed by atoms with Crippen LogP contribution in [-0.4, -0.2) is 19.8 Å². The normalized spacial score (nSPS) is 17.1. The number of benzene rings is 1. The van der Waals surface area contributed by atoms with E-state index in [-0.39, 0.29) is 0 Å². The van der Waals surface area contributed by atoms with E-state index in [1.807, 2.05) is 0 Å². The summed E-state index contributed by atoms with van der Waals surface area (Å²) in [5.74, 6) is 1.44. The van der Waals surface area contributed by atoms with Crippen molar-refractivity contribution in [1.29, 1.82) is 0 Å². The van der Waals surface area contributed by atoms with Gasteiger partial charge in [0, 0.05) is 19.7 Å². The van der Waals surface area contributed by atoms with E-state index in [0.29, 0.717) is 12.0 Å². The summed E-state index contributed by atoms with van der Waals surface area (Å²) in [6.07, 6.45) is 2.71. The molecule has 1 atom stereocenters. The minimum Gasteiger partial charge on any atom is -0.383 e. The monoisotopic (exact) mass is 247 g/mol. The fourth-order valence-electron chi connectivity index (χ4n) is 2.31. The van der Waals surface area contributed by atoms with Gasteiger partial charge in [0.2, 0.25) is 0 Å². The van der Waals surface area contributed by atoms with Gasteiger partial charge in [-0.2, -0.15) is 0 Å². The molecule has 1 fully saturated rings. The second-order valence-corrected chi connectivity index (χ2v) is 5.68.